The van der Waals surface area contributed by atoms with Crippen molar-refractivity contribution in [2.45, 2.75) is 12.5 Å². The highest BCUT2D eigenvalue weighted by molar-refractivity contribution is 7.91. The minimum Gasteiger partial charge on any atom is -0.468 e. The average molecular weight is 297 g/mol. The first kappa shape index (κ1) is 15.0. The lowest BCUT2D eigenvalue weighted by Gasteiger charge is -2.32. The van der Waals surface area contributed by atoms with Gasteiger partial charge in [0.2, 0.25) is 0 Å². The van der Waals surface area contributed by atoms with Crippen LogP contribution in [-0.2, 0) is 25.8 Å². The molecular formula is C14H19NO4S. The quantitative estimate of drug-likeness (QED) is 0.757. The molecule has 20 heavy (non-hydrogen) atoms. The predicted molar refractivity (Wildman–Crippen MR) is 76.2 cm³/mol. The zero-order valence-corrected chi connectivity index (χ0v) is 12.3. The average Bonchev–Trinajstić information content (AvgIpc) is 2.45. The fraction of sp³-hybridized carbons (Fsp3) is 0.500. The number of carbonyl (C=O) groups excluding carboxylic acids is 1. The molecular weight excluding hydrogens is 278 g/mol. The molecule has 0 spiro atoms. The molecule has 0 radical (unpaired) electrons. The van der Waals surface area contributed by atoms with Gasteiger partial charge in [0, 0.05) is 13.1 Å². The van der Waals surface area contributed by atoms with E-state index in [0.717, 1.165) is 5.56 Å². The van der Waals surface area contributed by atoms with Gasteiger partial charge in [0.1, 0.15) is 6.04 Å². The first-order valence-electron chi connectivity index (χ1n) is 6.58. The second-order valence-electron chi connectivity index (χ2n) is 4.92. The van der Waals surface area contributed by atoms with Gasteiger partial charge in [-0.25, -0.2) is 8.42 Å². The zero-order valence-electron chi connectivity index (χ0n) is 11.5. The molecule has 1 atom stereocenters. The van der Waals surface area contributed by atoms with E-state index in [4.69, 9.17) is 4.74 Å². The van der Waals surface area contributed by atoms with Gasteiger partial charge in [0.25, 0.3) is 0 Å². The number of benzene rings is 1. The third-order valence-electron chi connectivity index (χ3n) is 3.56. The van der Waals surface area contributed by atoms with Gasteiger partial charge < -0.3 is 4.74 Å². The highest BCUT2D eigenvalue weighted by Gasteiger charge is 2.31. The van der Waals surface area contributed by atoms with Crippen LogP contribution < -0.4 is 0 Å². The van der Waals surface area contributed by atoms with Gasteiger partial charge >= 0.3 is 5.97 Å². The molecule has 1 aliphatic rings. The fourth-order valence-electron chi connectivity index (χ4n) is 2.37. The van der Waals surface area contributed by atoms with Crippen molar-refractivity contribution < 1.29 is 17.9 Å². The van der Waals surface area contributed by atoms with Crippen molar-refractivity contribution in [2.75, 3.05) is 31.7 Å². The number of carbonyl (C=O) groups is 1. The van der Waals surface area contributed by atoms with Gasteiger partial charge in [0.05, 0.1) is 18.6 Å². The molecule has 1 heterocycles. The number of esters is 1. The summed E-state index contributed by atoms with van der Waals surface area (Å²) in [6.07, 6.45) is 0.535. The number of hydrogen-bond donors (Lipinski definition) is 0. The van der Waals surface area contributed by atoms with E-state index >= 15 is 0 Å². The molecule has 0 amide bonds. The standard InChI is InChI=1S/C14H19NO4S/c1-19-14(16)13(11-12-5-3-2-4-6-12)15-7-9-20(17,18)10-8-15/h2-6,13H,7-11H2,1H3/t13-/m0/s1. The third kappa shape index (κ3) is 3.80. The summed E-state index contributed by atoms with van der Waals surface area (Å²) in [7, 11) is -1.59. The Labute approximate surface area is 119 Å². The van der Waals surface area contributed by atoms with E-state index in [-0.39, 0.29) is 17.5 Å². The SMILES string of the molecule is COC(=O)[C@H](Cc1ccccc1)N1CCS(=O)(=O)CC1. The van der Waals surface area contributed by atoms with Crippen molar-refractivity contribution in [2.24, 2.45) is 0 Å². The summed E-state index contributed by atoms with van der Waals surface area (Å²) in [5, 5.41) is 0. The lowest BCUT2D eigenvalue weighted by molar-refractivity contribution is -0.146. The normalized spacial score (nSPS) is 20.2. The van der Waals surface area contributed by atoms with Crippen molar-refractivity contribution >= 4 is 15.8 Å². The molecule has 1 saturated heterocycles. The summed E-state index contributed by atoms with van der Waals surface area (Å²) in [5.41, 5.74) is 1.04. The van der Waals surface area contributed by atoms with Gasteiger partial charge in [0.15, 0.2) is 9.84 Å². The topological polar surface area (TPSA) is 63.7 Å². The molecule has 0 bridgehead atoms. The van der Waals surface area contributed by atoms with Gasteiger partial charge in [-0.3, -0.25) is 9.69 Å². The van der Waals surface area contributed by atoms with Crippen LogP contribution in [0, 0.1) is 0 Å². The Morgan fingerprint density at radius 2 is 1.85 bits per heavy atom. The van der Waals surface area contributed by atoms with Crippen LogP contribution in [0.5, 0.6) is 0 Å². The van der Waals surface area contributed by atoms with Crippen LogP contribution in [0.1, 0.15) is 5.56 Å². The Bertz CT molecular complexity index is 542. The molecule has 1 fully saturated rings. The molecule has 0 aliphatic carbocycles. The molecule has 5 nitrogen and oxygen atoms in total. The maximum Gasteiger partial charge on any atom is 0.323 e. The molecule has 6 heteroatoms. The van der Waals surface area contributed by atoms with Crippen molar-refractivity contribution in [3.05, 3.63) is 35.9 Å². The van der Waals surface area contributed by atoms with E-state index in [0.29, 0.717) is 19.5 Å². The van der Waals surface area contributed by atoms with Gasteiger partial charge in [-0.05, 0) is 12.0 Å². The molecule has 1 aliphatic heterocycles. The fourth-order valence-corrected chi connectivity index (χ4v) is 3.60. The van der Waals surface area contributed by atoms with Crippen LogP contribution in [0.15, 0.2) is 30.3 Å². The number of nitrogens with zero attached hydrogens (tertiary/aromatic N) is 1. The van der Waals surface area contributed by atoms with Crippen molar-refractivity contribution in [1.82, 2.24) is 4.90 Å². The number of hydrogen-bond acceptors (Lipinski definition) is 5. The van der Waals surface area contributed by atoms with Crippen LogP contribution >= 0.6 is 0 Å². The predicted octanol–water partition coefficient (Wildman–Crippen LogP) is 0.501. The van der Waals surface area contributed by atoms with Crippen LogP contribution in [-0.4, -0.2) is 57.0 Å². The minimum atomic E-state index is -2.95. The maximum atomic E-state index is 12.0. The van der Waals surface area contributed by atoms with Crippen molar-refractivity contribution in [3.63, 3.8) is 0 Å². The van der Waals surface area contributed by atoms with Crippen molar-refractivity contribution in [3.8, 4) is 0 Å². The summed E-state index contributed by atoms with van der Waals surface area (Å²) in [6.45, 7) is 0.768. The summed E-state index contributed by atoms with van der Waals surface area (Å²) in [6, 6.07) is 9.25. The first-order valence-corrected chi connectivity index (χ1v) is 8.40. The molecule has 0 unspecified atom stereocenters. The second-order valence-corrected chi connectivity index (χ2v) is 7.22. The maximum absolute atomic E-state index is 12.0. The summed E-state index contributed by atoms with van der Waals surface area (Å²) in [5.74, 6) is -0.0990. The summed E-state index contributed by atoms with van der Waals surface area (Å²) in [4.78, 5) is 13.9. The van der Waals surface area contributed by atoms with Gasteiger partial charge in [-0.1, -0.05) is 30.3 Å². The first-order chi connectivity index (χ1) is 9.52. The summed E-state index contributed by atoms with van der Waals surface area (Å²) < 4.78 is 27.8. The number of sulfone groups is 1. The van der Waals surface area contributed by atoms with E-state index in [1.165, 1.54) is 7.11 Å². The molecule has 1 aromatic rings. The highest BCUT2D eigenvalue weighted by atomic mass is 32.2. The molecule has 1 aromatic carbocycles. The van der Waals surface area contributed by atoms with Gasteiger partial charge in [-0.2, -0.15) is 0 Å². The number of methoxy groups -OCH3 is 1. The van der Waals surface area contributed by atoms with E-state index in [1.54, 1.807) is 0 Å². The van der Waals surface area contributed by atoms with Crippen LogP contribution in [0.2, 0.25) is 0 Å². The second kappa shape index (κ2) is 6.37. The Hall–Kier alpha value is -1.40. The van der Waals surface area contributed by atoms with E-state index < -0.39 is 15.9 Å². The van der Waals surface area contributed by atoms with E-state index in [2.05, 4.69) is 0 Å². The number of ether oxygens (including phenoxy) is 1. The Balaban J connectivity index is 2.10. The van der Waals surface area contributed by atoms with E-state index in [1.807, 2.05) is 35.2 Å². The molecule has 0 saturated carbocycles. The van der Waals surface area contributed by atoms with Crippen LogP contribution in [0.4, 0.5) is 0 Å². The lowest BCUT2D eigenvalue weighted by Crippen LogP contribution is -2.50. The Kier molecular flexibility index (Phi) is 4.77. The molecule has 2 rings (SSSR count). The Morgan fingerprint density at radius 3 is 2.40 bits per heavy atom. The van der Waals surface area contributed by atoms with Crippen LogP contribution in [0.3, 0.4) is 0 Å². The lowest BCUT2D eigenvalue weighted by atomic mass is 10.0. The van der Waals surface area contributed by atoms with Crippen molar-refractivity contribution in [1.29, 1.82) is 0 Å². The monoisotopic (exact) mass is 297 g/mol. The largest absolute Gasteiger partial charge is 0.468 e. The third-order valence-corrected chi connectivity index (χ3v) is 5.17. The van der Waals surface area contributed by atoms with Crippen LogP contribution in [0.25, 0.3) is 0 Å². The van der Waals surface area contributed by atoms with E-state index in [9.17, 15) is 13.2 Å². The number of rotatable bonds is 4. The zero-order chi connectivity index (χ0) is 14.6. The molecule has 110 valence electrons. The van der Waals surface area contributed by atoms with Gasteiger partial charge in [-0.15, -0.1) is 0 Å². The smallest absolute Gasteiger partial charge is 0.323 e. The molecule has 0 aromatic heterocycles. The molecule has 0 N–H and O–H groups in total. The minimum absolute atomic E-state index is 0.106. The Morgan fingerprint density at radius 1 is 1.25 bits per heavy atom. The highest BCUT2D eigenvalue weighted by Crippen LogP contribution is 2.14. The summed E-state index contributed by atoms with van der Waals surface area (Å²) >= 11 is 0.